The number of hydrogen-bond acceptors (Lipinski definition) is 3. The Morgan fingerprint density at radius 3 is 2.67 bits per heavy atom. The average molecular weight is 375 g/mol. The van der Waals surface area contributed by atoms with E-state index >= 15 is 0 Å². The van der Waals surface area contributed by atoms with Gasteiger partial charge >= 0.3 is 5.97 Å². The van der Waals surface area contributed by atoms with E-state index in [-0.39, 0.29) is 29.6 Å². The molecule has 3 saturated carbocycles. The summed E-state index contributed by atoms with van der Waals surface area (Å²) in [5.74, 6) is 6.38. The van der Waals surface area contributed by atoms with Crippen LogP contribution in [-0.4, -0.2) is 33.5 Å². The highest BCUT2D eigenvalue weighted by Crippen LogP contribution is 2.64. The lowest BCUT2D eigenvalue weighted by Crippen LogP contribution is -2.56. The molecule has 0 saturated heterocycles. The molecule has 4 nitrogen and oxygen atoms in total. The highest BCUT2D eigenvalue weighted by molar-refractivity contribution is 5.66. The van der Waals surface area contributed by atoms with Gasteiger partial charge in [-0.2, -0.15) is 0 Å². The Hall–Kier alpha value is -1.31. The van der Waals surface area contributed by atoms with E-state index in [1.165, 1.54) is 24.8 Å². The number of aliphatic hydroxyl groups excluding tert-OH is 2. The zero-order chi connectivity index (χ0) is 19.6. The molecule has 3 fully saturated rings. The molecular weight excluding hydrogens is 340 g/mol. The quantitative estimate of drug-likeness (QED) is 0.517. The van der Waals surface area contributed by atoms with E-state index < -0.39 is 18.2 Å². The SMILES string of the molecule is CC1/C(=C\CCC(=O)O)[C@]2(C)CC[C@H](O)[C@@H](C#CC(O)C3CCCCC3)[C@H]12. The van der Waals surface area contributed by atoms with Crippen molar-refractivity contribution in [3.05, 3.63) is 11.6 Å². The van der Waals surface area contributed by atoms with Crippen molar-refractivity contribution in [3.8, 4) is 11.8 Å². The lowest BCUT2D eigenvalue weighted by molar-refractivity contribution is -0.136. The number of carbonyl (C=O) groups is 1. The van der Waals surface area contributed by atoms with Crippen LogP contribution in [0.4, 0.5) is 0 Å². The first kappa shape index (κ1) is 20.4. The molecule has 0 radical (unpaired) electrons. The van der Waals surface area contributed by atoms with E-state index in [0.717, 1.165) is 25.7 Å². The van der Waals surface area contributed by atoms with Crippen LogP contribution in [0.1, 0.15) is 71.6 Å². The molecule has 0 bridgehead atoms. The molecule has 3 rings (SSSR count). The number of aliphatic hydroxyl groups is 2. The Bertz CT molecular complexity index is 636. The second-order valence-electron chi connectivity index (χ2n) is 9.09. The standard InChI is InChI=1S/C23H34O4/c1-15-18(9-6-10-21(26)27)23(2)14-13-20(25)17(22(15)23)11-12-19(24)16-7-4-3-5-8-16/h9,15-17,19-20,22,24-25H,3-8,10,13-14H2,1-2H3,(H,26,27)/b18-9+/t15?,17-,19?,20+,22+,23+/m1/s1. The number of carboxylic acids is 1. The molecule has 3 aliphatic rings. The molecule has 3 N–H and O–H groups in total. The van der Waals surface area contributed by atoms with E-state index in [0.29, 0.717) is 12.3 Å². The normalized spacial score (nSPS) is 39.0. The summed E-state index contributed by atoms with van der Waals surface area (Å²) in [5, 5.41) is 30.0. The molecule has 2 unspecified atom stereocenters. The third-order valence-electron chi connectivity index (χ3n) is 7.40. The predicted molar refractivity (Wildman–Crippen MR) is 105 cm³/mol. The van der Waals surface area contributed by atoms with Gasteiger partial charge in [0.15, 0.2) is 0 Å². The van der Waals surface area contributed by atoms with Gasteiger partial charge in [-0.1, -0.05) is 56.6 Å². The van der Waals surface area contributed by atoms with Gasteiger partial charge in [-0.3, -0.25) is 4.79 Å². The summed E-state index contributed by atoms with van der Waals surface area (Å²) in [5.41, 5.74) is 1.34. The Morgan fingerprint density at radius 2 is 2.00 bits per heavy atom. The molecule has 3 aliphatic carbocycles. The predicted octanol–water partition coefficient (Wildman–Crippen LogP) is 3.77. The Kier molecular flexibility index (Phi) is 6.33. The van der Waals surface area contributed by atoms with Gasteiger partial charge in [0.1, 0.15) is 6.10 Å². The average Bonchev–Trinajstić information content (AvgIpc) is 2.65. The van der Waals surface area contributed by atoms with Crippen LogP contribution >= 0.6 is 0 Å². The zero-order valence-electron chi connectivity index (χ0n) is 16.7. The minimum atomic E-state index is -0.764. The molecule has 0 amide bonds. The minimum absolute atomic E-state index is 0.00624. The zero-order valence-corrected chi connectivity index (χ0v) is 16.7. The van der Waals surface area contributed by atoms with Gasteiger partial charge in [0.25, 0.3) is 0 Å². The number of fused-ring (bicyclic) bond motifs is 1. The molecule has 27 heavy (non-hydrogen) atoms. The molecule has 0 aromatic carbocycles. The third kappa shape index (κ3) is 4.10. The van der Waals surface area contributed by atoms with Crippen molar-refractivity contribution in [2.24, 2.45) is 29.1 Å². The van der Waals surface area contributed by atoms with E-state index in [1.54, 1.807) is 0 Å². The van der Waals surface area contributed by atoms with E-state index in [9.17, 15) is 15.0 Å². The Morgan fingerprint density at radius 1 is 1.30 bits per heavy atom. The van der Waals surface area contributed by atoms with Gasteiger partial charge in [0.05, 0.1) is 12.0 Å². The van der Waals surface area contributed by atoms with Gasteiger partial charge in [0.2, 0.25) is 0 Å². The first-order valence-corrected chi connectivity index (χ1v) is 10.6. The van der Waals surface area contributed by atoms with Crippen LogP contribution in [0.25, 0.3) is 0 Å². The van der Waals surface area contributed by atoms with Crippen molar-refractivity contribution in [1.82, 2.24) is 0 Å². The number of hydrogen-bond donors (Lipinski definition) is 3. The van der Waals surface area contributed by atoms with Gasteiger partial charge in [-0.15, -0.1) is 0 Å². The lowest BCUT2D eigenvalue weighted by Gasteiger charge is -2.61. The van der Waals surface area contributed by atoms with E-state index in [2.05, 4.69) is 31.8 Å². The highest BCUT2D eigenvalue weighted by atomic mass is 16.4. The smallest absolute Gasteiger partial charge is 0.303 e. The molecular formula is C23H34O4. The first-order valence-electron chi connectivity index (χ1n) is 10.6. The van der Waals surface area contributed by atoms with E-state index in [1.807, 2.05) is 0 Å². The highest BCUT2D eigenvalue weighted by Gasteiger charge is 2.58. The number of aliphatic carboxylic acids is 1. The molecule has 150 valence electrons. The second kappa shape index (κ2) is 8.37. The minimum Gasteiger partial charge on any atom is -0.481 e. The maximum Gasteiger partial charge on any atom is 0.303 e. The Labute approximate surface area is 163 Å². The van der Waals surface area contributed by atoms with Crippen molar-refractivity contribution in [2.45, 2.75) is 83.8 Å². The summed E-state index contributed by atoms with van der Waals surface area (Å²) in [6.45, 7) is 4.41. The van der Waals surface area contributed by atoms with Gasteiger partial charge in [-0.05, 0) is 55.3 Å². The number of rotatable bonds is 4. The van der Waals surface area contributed by atoms with Crippen LogP contribution in [0.15, 0.2) is 11.6 Å². The first-order chi connectivity index (χ1) is 12.8. The van der Waals surface area contributed by atoms with Crippen LogP contribution < -0.4 is 0 Å². The fourth-order valence-electron chi connectivity index (χ4n) is 5.95. The molecule has 4 heteroatoms. The van der Waals surface area contributed by atoms with Crippen molar-refractivity contribution in [3.63, 3.8) is 0 Å². The summed E-state index contributed by atoms with van der Waals surface area (Å²) in [7, 11) is 0. The van der Waals surface area contributed by atoms with Gasteiger partial charge < -0.3 is 15.3 Å². The molecule has 0 aromatic heterocycles. The summed E-state index contributed by atoms with van der Waals surface area (Å²) < 4.78 is 0. The third-order valence-corrected chi connectivity index (χ3v) is 7.40. The molecule has 0 heterocycles. The fourth-order valence-corrected chi connectivity index (χ4v) is 5.95. The summed E-state index contributed by atoms with van der Waals surface area (Å²) in [6.07, 6.45) is 9.18. The lowest BCUT2D eigenvalue weighted by atomic mass is 9.43. The molecule has 0 aliphatic heterocycles. The fraction of sp³-hybridized carbons (Fsp3) is 0.783. The van der Waals surface area contributed by atoms with E-state index in [4.69, 9.17) is 5.11 Å². The van der Waals surface area contributed by atoms with Crippen LogP contribution in [0, 0.1) is 40.9 Å². The van der Waals surface area contributed by atoms with Crippen LogP contribution in [0.5, 0.6) is 0 Å². The van der Waals surface area contributed by atoms with Gasteiger partial charge in [0, 0.05) is 6.42 Å². The molecule has 6 atom stereocenters. The van der Waals surface area contributed by atoms with Gasteiger partial charge in [-0.25, -0.2) is 0 Å². The van der Waals surface area contributed by atoms with Crippen LogP contribution in [0.3, 0.4) is 0 Å². The molecule has 0 aromatic rings. The van der Waals surface area contributed by atoms with Crippen LogP contribution in [0.2, 0.25) is 0 Å². The van der Waals surface area contributed by atoms with Crippen molar-refractivity contribution in [2.75, 3.05) is 0 Å². The largest absolute Gasteiger partial charge is 0.481 e. The topological polar surface area (TPSA) is 77.8 Å². The maximum atomic E-state index is 10.8. The molecule has 0 spiro atoms. The van der Waals surface area contributed by atoms with Crippen molar-refractivity contribution >= 4 is 5.97 Å². The van der Waals surface area contributed by atoms with Crippen molar-refractivity contribution in [1.29, 1.82) is 0 Å². The van der Waals surface area contributed by atoms with Crippen LogP contribution in [-0.2, 0) is 4.79 Å². The Balaban J connectivity index is 1.71. The van der Waals surface area contributed by atoms with Crippen molar-refractivity contribution < 1.29 is 20.1 Å². The summed E-state index contributed by atoms with van der Waals surface area (Å²) in [6, 6.07) is 0. The summed E-state index contributed by atoms with van der Waals surface area (Å²) in [4.78, 5) is 10.8. The summed E-state index contributed by atoms with van der Waals surface area (Å²) >= 11 is 0. The number of carboxylic acid groups (broad SMARTS) is 1. The second-order valence-corrected chi connectivity index (χ2v) is 9.09. The number of allylic oxidation sites excluding steroid dienone is 2. The maximum absolute atomic E-state index is 10.8. The monoisotopic (exact) mass is 374 g/mol.